The molecule has 0 bridgehead atoms. The van der Waals surface area contributed by atoms with Crippen LogP contribution in [-0.2, 0) is 9.59 Å². The molecule has 14 heavy (non-hydrogen) atoms. The predicted molar refractivity (Wildman–Crippen MR) is 51.8 cm³/mol. The molecule has 1 fully saturated rings. The van der Waals surface area contributed by atoms with Gasteiger partial charge < -0.3 is 10.0 Å². The zero-order valence-corrected chi connectivity index (χ0v) is 8.49. The summed E-state index contributed by atoms with van der Waals surface area (Å²) < 4.78 is 0. The van der Waals surface area contributed by atoms with Crippen molar-refractivity contribution in [1.82, 2.24) is 4.90 Å². The third-order valence-corrected chi connectivity index (χ3v) is 2.54. The summed E-state index contributed by atoms with van der Waals surface area (Å²) in [6, 6.07) is 0. The van der Waals surface area contributed by atoms with Gasteiger partial charge in [-0.1, -0.05) is 0 Å². The molecule has 1 saturated heterocycles. The highest BCUT2D eigenvalue weighted by molar-refractivity contribution is 5.94. The van der Waals surface area contributed by atoms with Crippen molar-refractivity contribution in [2.24, 2.45) is 0 Å². The van der Waals surface area contributed by atoms with Gasteiger partial charge in [0, 0.05) is 24.2 Å². The van der Waals surface area contributed by atoms with Crippen molar-refractivity contribution >= 4 is 11.9 Å². The molecule has 1 aliphatic rings. The van der Waals surface area contributed by atoms with E-state index in [-0.39, 0.29) is 11.4 Å². The monoisotopic (exact) mass is 197 g/mol. The van der Waals surface area contributed by atoms with Crippen molar-refractivity contribution in [3.8, 4) is 0 Å². The van der Waals surface area contributed by atoms with E-state index in [0.29, 0.717) is 0 Å². The number of nitrogens with zero attached hydrogens (tertiary/aromatic N) is 1. The number of amides is 1. The van der Waals surface area contributed by atoms with E-state index in [1.807, 2.05) is 13.8 Å². The van der Waals surface area contributed by atoms with Crippen LogP contribution in [0.3, 0.4) is 0 Å². The number of hydrogen-bond donors (Lipinski definition) is 1. The van der Waals surface area contributed by atoms with Gasteiger partial charge in [0.2, 0.25) is 5.91 Å². The molecule has 0 spiro atoms. The van der Waals surface area contributed by atoms with Gasteiger partial charge in [0.25, 0.3) is 0 Å². The highest BCUT2D eigenvalue weighted by Gasteiger charge is 2.34. The summed E-state index contributed by atoms with van der Waals surface area (Å²) in [7, 11) is 0. The molecule has 0 radical (unpaired) electrons. The van der Waals surface area contributed by atoms with E-state index in [4.69, 9.17) is 5.11 Å². The molecule has 0 atom stereocenters. The standard InChI is InChI=1S/C10H15NO3/c1-10(2)6-3-7-11(10)8(12)4-5-9(13)14/h4-5H,3,6-7H2,1-2H3,(H,13,14). The second-order valence-corrected chi connectivity index (χ2v) is 4.08. The summed E-state index contributed by atoms with van der Waals surface area (Å²) >= 11 is 0. The summed E-state index contributed by atoms with van der Waals surface area (Å²) in [6.07, 6.45) is 3.96. The lowest BCUT2D eigenvalue weighted by Gasteiger charge is -2.30. The van der Waals surface area contributed by atoms with Gasteiger partial charge in [-0.05, 0) is 26.7 Å². The van der Waals surface area contributed by atoms with Crippen LogP contribution in [0.4, 0.5) is 0 Å². The Hall–Kier alpha value is -1.32. The van der Waals surface area contributed by atoms with Gasteiger partial charge in [0.15, 0.2) is 0 Å². The fourth-order valence-corrected chi connectivity index (χ4v) is 1.75. The maximum atomic E-state index is 11.5. The molecule has 78 valence electrons. The fraction of sp³-hybridized carbons (Fsp3) is 0.600. The van der Waals surface area contributed by atoms with Gasteiger partial charge >= 0.3 is 5.97 Å². The lowest BCUT2D eigenvalue weighted by molar-refractivity contribution is -0.133. The Kier molecular flexibility index (Phi) is 2.93. The largest absolute Gasteiger partial charge is 0.478 e. The quantitative estimate of drug-likeness (QED) is 0.672. The van der Waals surface area contributed by atoms with Gasteiger partial charge in [-0.15, -0.1) is 0 Å². The first-order valence-corrected chi connectivity index (χ1v) is 4.66. The van der Waals surface area contributed by atoms with E-state index < -0.39 is 5.97 Å². The third kappa shape index (κ3) is 2.34. The average Bonchev–Trinajstić information content (AvgIpc) is 2.41. The minimum Gasteiger partial charge on any atom is -0.478 e. The molecule has 0 saturated carbocycles. The van der Waals surface area contributed by atoms with Crippen LogP contribution in [0.5, 0.6) is 0 Å². The molecule has 0 aromatic heterocycles. The van der Waals surface area contributed by atoms with Crippen molar-refractivity contribution in [1.29, 1.82) is 0 Å². The van der Waals surface area contributed by atoms with E-state index in [9.17, 15) is 9.59 Å². The molecule has 4 heteroatoms. The Bertz CT molecular complexity index is 281. The lowest BCUT2D eigenvalue weighted by atomic mass is 10.0. The number of carbonyl (C=O) groups excluding carboxylic acids is 1. The molecule has 1 heterocycles. The molecular weight excluding hydrogens is 182 g/mol. The molecular formula is C10H15NO3. The Labute approximate surface area is 83.2 Å². The Morgan fingerprint density at radius 1 is 1.36 bits per heavy atom. The molecule has 0 aromatic carbocycles. The molecule has 1 rings (SSSR count). The van der Waals surface area contributed by atoms with Crippen LogP contribution >= 0.6 is 0 Å². The number of carbonyl (C=O) groups is 2. The first kappa shape index (κ1) is 10.8. The SMILES string of the molecule is CC1(C)CCCN1C(=O)C=CC(=O)O. The molecule has 0 unspecified atom stereocenters. The van der Waals surface area contributed by atoms with E-state index >= 15 is 0 Å². The third-order valence-electron chi connectivity index (χ3n) is 2.54. The first-order valence-electron chi connectivity index (χ1n) is 4.66. The van der Waals surface area contributed by atoms with Crippen LogP contribution in [-0.4, -0.2) is 34.0 Å². The van der Waals surface area contributed by atoms with Crippen molar-refractivity contribution < 1.29 is 14.7 Å². The van der Waals surface area contributed by atoms with E-state index in [2.05, 4.69) is 0 Å². The zero-order valence-electron chi connectivity index (χ0n) is 8.49. The Morgan fingerprint density at radius 2 is 2.00 bits per heavy atom. The maximum Gasteiger partial charge on any atom is 0.328 e. The van der Waals surface area contributed by atoms with Crippen LogP contribution in [0.1, 0.15) is 26.7 Å². The van der Waals surface area contributed by atoms with Gasteiger partial charge in [0.1, 0.15) is 0 Å². The van der Waals surface area contributed by atoms with Crippen LogP contribution in [0.25, 0.3) is 0 Å². The Morgan fingerprint density at radius 3 is 2.43 bits per heavy atom. The normalized spacial score (nSPS) is 20.3. The van der Waals surface area contributed by atoms with Crippen LogP contribution in [0.15, 0.2) is 12.2 Å². The molecule has 4 nitrogen and oxygen atoms in total. The molecule has 1 amide bonds. The smallest absolute Gasteiger partial charge is 0.328 e. The molecule has 1 N–H and O–H groups in total. The van der Waals surface area contributed by atoms with Crippen LogP contribution < -0.4 is 0 Å². The summed E-state index contributed by atoms with van der Waals surface area (Å²) in [5.41, 5.74) is -0.139. The number of aliphatic carboxylic acids is 1. The average molecular weight is 197 g/mol. The Balaban J connectivity index is 2.66. The van der Waals surface area contributed by atoms with Crippen molar-refractivity contribution in [3.05, 3.63) is 12.2 Å². The van der Waals surface area contributed by atoms with E-state index in [0.717, 1.165) is 31.5 Å². The summed E-state index contributed by atoms with van der Waals surface area (Å²) in [5, 5.41) is 8.38. The molecule has 1 aliphatic heterocycles. The topological polar surface area (TPSA) is 57.6 Å². The zero-order chi connectivity index (χ0) is 10.8. The van der Waals surface area contributed by atoms with E-state index in [1.165, 1.54) is 0 Å². The number of hydrogen-bond acceptors (Lipinski definition) is 2. The second kappa shape index (κ2) is 3.82. The molecule has 0 aromatic rings. The fourth-order valence-electron chi connectivity index (χ4n) is 1.75. The van der Waals surface area contributed by atoms with Gasteiger partial charge in [0.05, 0.1) is 0 Å². The first-order chi connectivity index (χ1) is 6.43. The summed E-state index contributed by atoms with van der Waals surface area (Å²) in [6.45, 7) is 4.70. The van der Waals surface area contributed by atoms with Gasteiger partial charge in [-0.25, -0.2) is 4.79 Å². The summed E-state index contributed by atoms with van der Waals surface area (Å²) in [4.78, 5) is 23.5. The maximum absolute atomic E-state index is 11.5. The van der Waals surface area contributed by atoms with Crippen LogP contribution in [0, 0.1) is 0 Å². The van der Waals surface area contributed by atoms with Crippen molar-refractivity contribution in [2.75, 3.05) is 6.54 Å². The van der Waals surface area contributed by atoms with Gasteiger partial charge in [-0.2, -0.15) is 0 Å². The predicted octanol–water partition coefficient (Wildman–Crippen LogP) is 1.03. The van der Waals surface area contributed by atoms with Crippen molar-refractivity contribution in [2.45, 2.75) is 32.2 Å². The minimum atomic E-state index is -1.09. The van der Waals surface area contributed by atoms with E-state index in [1.54, 1.807) is 4.90 Å². The van der Waals surface area contributed by atoms with Gasteiger partial charge in [-0.3, -0.25) is 4.79 Å². The minimum absolute atomic E-state index is 0.139. The highest BCUT2D eigenvalue weighted by atomic mass is 16.4. The number of carboxylic acid groups (broad SMARTS) is 1. The number of rotatable bonds is 2. The second-order valence-electron chi connectivity index (χ2n) is 4.08. The highest BCUT2D eigenvalue weighted by Crippen LogP contribution is 2.28. The number of carboxylic acids is 1. The van der Waals surface area contributed by atoms with Crippen molar-refractivity contribution in [3.63, 3.8) is 0 Å². The summed E-state index contributed by atoms with van der Waals surface area (Å²) in [5.74, 6) is -1.30. The van der Waals surface area contributed by atoms with Crippen LogP contribution in [0.2, 0.25) is 0 Å². The molecule has 0 aliphatic carbocycles. The number of likely N-dealkylation sites (tertiary alicyclic amines) is 1. The lowest BCUT2D eigenvalue weighted by Crippen LogP contribution is -2.41.